The minimum atomic E-state index is -3.80. The molecule has 3 rings (SSSR count). The van der Waals surface area contributed by atoms with Crippen LogP contribution in [0.5, 0.6) is 11.5 Å². The van der Waals surface area contributed by atoms with E-state index in [1.165, 1.54) is 31.3 Å². The highest BCUT2D eigenvalue weighted by Crippen LogP contribution is 2.24. The molecule has 0 radical (unpaired) electrons. The third kappa shape index (κ3) is 4.91. The molecule has 0 spiro atoms. The number of hydrogen-bond acceptors (Lipinski definition) is 5. The van der Waals surface area contributed by atoms with Crippen LogP contribution in [0.2, 0.25) is 0 Å². The largest absolute Gasteiger partial charge is 0.457 e. The number of rotatable bonds is 6. The standard InChI is InChI=1S/C21H17N3O4S/c1-23-21(25)16-4-12-20(13-5-16)29(26,27)24-17-6-10-19(11-7-17)28-18-8-2-15(14-22)3-9-18/h2-13,24H,1H3,(H,23,25). The Balaban J connectivity index is 1.69. The SMILES string of the molecule is CNC(=O)c1ccc(S(=O)(=O)Nc2ccc(Oc3ccc(C#N)cc3)cc2)cc1. The third-order valence-electron chi connectivity index (χ3n) is 3.98. The van der Waals surface area contributed by atoms with Crippen molar-refractivity contribution in [1.82, 2.24) is 5.32 Å². The van der Waals surface area contributed by atoms with Gasteiger partial charge in [0.15, 0.2) is 0 Å². The summed E-state index contributed by atoms with van der Waals surface area (Å²) >= 11 is 0. The van der Waals surface area contributed by atoms with Crippen LogP contribution in [0.25, 0.3) is 0 Å². The Morgan fingerprint density at radius 2 is 1.45 bits per heavy atom. The Hall–Kier alpha value is -3.83. The summed E-state index contributed by atoms with van der Waals surface area (Å²) in [5.41, 5.74) is 1.27. The maximum atomic E-state index is 12.5. The van der Waals surface area contributed by atoms with E-state index in [9.17, 15) is 13.2 Å². The molecule has 3 aromatic carbocycles. The predicted octanol–water partition coefficient (Wildman–Crippen LogP) is 3.51. The number of anilines is 1. The van der Waals surface area contributed by atoms with Crippen LogP contribution in [0.3, 0.4) is 0 Å². The van der Waals surface area contributed by atoms with Crippen molar-refractivity contribution in [3.63, 3.8) is 0 Å². The van der Waals surface area contributed by atoms with Gasteiger partial charge in [-0.1, -0.05) is 0 Å². The highest BCUT2D eigenvalue weighted by Gasteiger charge is 2.15. The summed E-state index contributed by atoms with van der Waals surface area (Å²) in [6.45, 7) is 0. The normalized spacial score (nSPS) is 10.6. The molecule has 0 aromatic heterocycles. The highest BCUT2D eigenvalue weighted by atomic mass is 32.2. The first-order chi connectivity index (χ1) is 13.9. The molecular weight excluding hydrogens is 390 g/mol. The monoisotopic (exact) mass is 407 g/mol. The van der Waals surface area contributed by atoms with Gasteiger partial charge in [-0.3, -0.25) is 9.52 Å². The van der Waals surface area contributed by atoms with Crippen molar-refractivity contribution in [3.05, 3.63) is 83.9 Å². The van der Waals surface area contributed by atoms with E-state index < -0.39 is 10.0 Å². The van der Waals surface area contributed by atoms with Gasteiger partial charge in [-0.25, -0.2) is 8.42 Å². The van der Waals surface area contributed by atoms with Gasteiger partial charge in [-0.15, -0.1) is 0 Å². The van der Waals surface area contributed by atoms with Crippen LogP contribution in [-0.4, -0.2) is 21.4 Å². The first-order valence-electron chi connectivity index (χ1n) is 8.54. The van der Waals surface area contributed by atoms with E-state index in [1.807, 2.05) is 6.07 Å². The summed E-state index contributed by atoms with van der Waals surface area (Å²) in [5, 5.41) is 11.3. The minimum absolute atomic E-state index is 0.0445. The zero-order chi connectivity index (χ0) is 20.9. The number of sulfonamides is 1. The Labute approximate surface area is 168 Å². The molecule has 29 heavy (non-hydrogen) atoms. The molecule has 0 fully saturated rings. The molecule has 0 unspecified atom stereocenters. The summed E-state index contributed by atoms with van der Waals surface area (Å²) in [4.78, 5) is 11.6. The van der Waals surface area contributed by atoms with Gasteiger partial charge in [-0.2, -0.15) is 5.26 Å². The van der Waals surface area contributed by atoms with Gasteiger partial charge in [0.25, 0.3) is 15.9 Å². The van der Waals surface area contributed by atoms with Crippen molar-refractivity contribution in [2.45, 2.75) is 4.90 Å². The molecule has 0 aliphatic heterocycles. The fraction of sp³-hybridized carbons (Fsp3) is 0.0476. The van der Waals surface area contributed by atoms with Gasteiger partial charge in [0, 0.05) is 18.3 Å². The van der Waals surface area contributed by atoms with E-state index in [0.717, 1.165) is 0 Å². The molecule has 0 bridgehead atoms. The molecule has 7 nitrogen and oxygen atoms in total. The lowest BCUT2D eigenvalue weighted by Crippen LogP contribution is -2.18. The molecule has 0 atom stereocenters. The minimum Gasteiger partial charge on any atom is -0.457 e. The average molecular weight is 407 g/mol. The molecule has 146 valence electrons. The number of amides is 1. The van der Waals surface area contributed by atoms with E-state index >= 15 is 0 Å². The highest BCUT2D eigenvalue weighted by molar-refractivity contribution is 7.92. The Morgan fingerprint density at radius 1 is 0.897 bits per heavy atom. The first-order valence-corrected chi connectivity index (χ1v) is 10.0. The van der Waals surface area contributed by atoms with Crippen LogP contribution >= 0.6 is 0 Å². The predicted molar refractivity (Wildman–Crippen MR) is 108 cm³/mol. The number of benzene rings is 3. The Bertz CT molecular complexity index is 1150. The van der Waals surface area contributed by atoms with Crippen LogP contribution < -0.4 is 14.8 Å². The van der Waals surface area contributed by atoms with Crippen molar-refractivity contribution >= 4 is 21.6 Å². The number of carbonyl (C=O) groups excluding carboxylic acids is 1. The molecule has 0 aliphatic carbocycles. The number of nitriles is 1. The Kier molecular flexibility index (Phi) is 5.81. The maximum Gasteiger partial charge on any atom is 0.261 e. The second-order valence-electron chi connectivity index (χ2n) is 5.97. The van der Waals surface area contributed by atoms with Crippen molar-refractivity contribution in [3.8, 4) is 17.6 Å². The molecule has 0 aliphatic rings. The topological polar surface area (TPSA) is 108 Å². The second-order valence-corrected chi connectivity index (χ2v) is 7.65. The summed E-state index contributed by atoms with van der Waals surface area (Å²) in [7, 11) is -2.29. The molecule has 3 aromatic rings. The van der Waals surface area contributed by atoms with Crippen molar-refractivity contribution in [2.24, 2.45) is 0 Å². The Morgan fingerprint density at radius 3 is 1.97 bits per heavy atom. The second kappa shape index (κ2) is 8.46. The van der Waals surface area contributed by atoms with Crippen molar-refractivity contribution in [1.29, 1.82) is 5.26 Å². The van der Waals surface area contributed by atoms with Crippen LogP contribution in [0, 0.1) is 11.3 Å². The van der Waals surface area contributed by atoms with Gasteiger partial charge < -0.3 is 10.1 Å². The zero-order valence-corrected chi connectivity index (χ0v) is 16.2. The maximum absolute atomic E-state index is 12.5. The number of nitrogens with one attached hydrogen (secondary N) is 2. The number of nitrogens with zero attached hydrogens (tertiary/aromatic N) is 1. The smallest absolute Gasteiger partial charge is 0.261 e. The molecule has 0 saturated carbocycles. The third-order valence-corrected chi connectivity index (χ3v) is 5.38. The number of hydrogen-bond donors (Lipinski definition) is 2. The lowest BCUT2D eigenvalue weighted by molar-refractivity contribution is 0.0963. The van der Waals surface area contributed by atoms with Gasteiger partial charge in [0.1, 0.15) is 11.5 Å². The van der Waals surface area contributed by atoms with E-state index in [-0.39, 0.29) is 10.8 Å². The van der Waals surface area contributed by atoms with Crippen molar-refractivity contribution < 1.29 is 17.9 Å². The zero-order valence-electron chi connectivity index (χ0n) is 15.4. The quantitative estimate of drug-likeness (QED) is 0.650. The molecule has 2 N–H and O–H groups in total. The van der Waals surface area contributed by atoms with E-state index in [2.05, 4.69) is 10.0 Å². The van der Waals surface area contributed by atoms with E-state index in [1.54, 1.807) is 48.5 Å². The van der Waals surface area contributed by atoms with Gasteiger partial charge in [0.05, 0.1) is 16.5 Å². The summed E-state index contributed by atoms with van der Waals surface area (Å²) in [6.07, 6.45) is 0. The lowest BCUT2D eigenvalue weighted by atomic mass is 10.2. The van der Waals surface area contributed by atoms with E-state index in [0.29, 0.717) is 28.3 Å². The van der Waals surface area contributed by atoms with E-state index in [4.69, 9.17) is 10.00 Å². The number of carbonyl (C=O) groups is 1. The van der Waals surface area contributed by atoms with Crippen LogP contribution in [0.15, 0.2) is 77.7 Å². The summed E-state index contributed by atoms with van der Waals surface area (Å²) in [6, 6.07) is 20.7. The molecule has 0 heterocycles. The van der Waals surface area contributed by atoms with Crippen LogP contribution in [-0.2, 0) is 10.0 Å². The van der Waals surface area contributed by atoms with Crippen LogP contribution in [0.1, 0.15) is 15.9 Å². The van der Waals surface area contributed by atoms with Gasteiger partial charge in [-0.05, 0) is 72.8 Å². The van der Waals surface area contributed by atoms with Crippen LogP contribution in [0.4, 0.5) is 5.69 Å². The molecular formula is C21H17N3O4S. The summed E-state index contributed by atoms with van der Waals surface area (Å²) < 4.78 is 33.2. The lowest BCUT2D eigenvalue weighted by Gasteiger charge is -2.10. The van der Waals surface area contributed by atoms with Gasteiger partial charge in [0.2, 0.25) is 0 Å². The first kappa shape index (κ1) is 19.9. The van der Waals surface area contributed by atoms with Crippen molar-refractivity contribution in [2.75, 3.05) is 11.8 Å². The molecule has 8 heteroatoms. The fourth-order valence-electron chi connectivity index (χ4n) is 2.47. The molecule has 0 saturated heterocycles. The fourth-order valence-corrected chi connectivity index (χ4v) is 3.53. The molecule has 1 amide bonds. The number of ether oxygens (including phenoxy) is 1. The van der Waals surface area contributed by atoms with Gasteiger partial charge >= 0.3 is 0 Å². The average Bonchev–Trinajstić information content (AvgIpc) is 2.75. The summed E-state index contributed by atoms with van der Waals surface area (Å²) in [5.74, 6) is 0.792.